The zero-order valence-electron chi connectivity index (χ0n) is 18.0. The van der Waals surface area contributed by atoms with Crippen LogP contribution in [0, 0.1) is 18.8 Å². The van der Waals surface area contributed by atoms with E-state index < -0.39 is 5.95 Å². The fourth-order valence-electron chi connectivity index (χ4n) is 4.87. The molecule has 1 fully saturated rings. The van der Waals surface area contributed by atoms with Gasteiger partial charge < -0.3 is 14.4 Å². The number of rotatable bonds is 4. The molecule has 0 spiro atoms. The van der Waals surface area contributed by atoms with Gasteiger partial charge in [0.1, 0.15) is 16.7 Å². The average molecular weight is 469 g/mol. The molecular formula is C24H22ClFN4O3. The van der Waals surface area contributed by atoms with Gasteiger partial charge in [-0.25, -0.2) is 4.98 Å². The van der Waals surface area contributed by atoms with Crippen LogP contribution in [-0.2, 0) is 0 Å². The molecule has 9 heteroatoms. The quantitative estimate of drug-likeness (QED) is 0.434. The van der Waals surface area contributed by atoms with Crippen LogP contribution < -0.4 is 10.9 Å². The Morgan fingerprint density at radius 2 is 2.12 bits per heavy atom. The van der Waals surface area contributed by atoms with Crippen LogP contribution in [0.15, 0.2) is 45.8 Å². The van der Waals surface area contributed by atoms with Gasteiger partial charge in [0.2, 0.25) is 5.95 Å². The van der Waals surface area contributed by atoms with Gasteiger partial charge >= 0.3 is 0 Å². The Morgan fingerprint density at radius 1 is 1.27 bits per heavy atom. The van der Waals surface area contributed by atoms with Gasteiger partial charge in [0.05, 0.1) is 16.1 Å². The zero-order chi connectivity index (χ0) is 23.1. The Bertz CT molecular complexity index is 1410. The molecular weight excluding hydrogens is 447 g/mol. The molecule has 33 heavy (non-hydrogen) atoms. The number of aromatic nitrogens is 3. The standard InChI is InChI=1S/C24H22ClFN4O3/c1-13-20-22(29-33-13)21-17(25)6-3-7-18(21)30(24(20)32)16-5-2-4-14(10-16)11-28-23(31)15-8-9-19(26)27-12-15/h3,6-9,12,14,16H,2,4-5,10-11H2,1H3,(H,28,31)/t14-,16+/m1/s1. The number of aryl methyl sites for hydroxylation is 1. The van der Waals surface area contributed by atoms with Crippen molar-refractivity contribution in [3.05, 3.63) is 69.2 Å². The zero-order valence-corrected chi connectivity index (χ0v) is 18.7. The van der Waals surface area contributed by atoms with Gasteiger partial charge in [-0.1, -0.05) is 29.2 Å². The first-order valence-electron chi connectivity index (χ1n) is 10.9. The topological polar surface area (TPSA) is 90.0 Å². The second-order valence-electron chi connectivity index (χ2n) is 8.54. The van der Waals surface area contributed by atoms with Crippen molar-refractivity contribution in [3.8, 4) is 0 Å². The highest BCUT2D eigenvalue weighted by atomic mass is 35.5. The largest absolute Gasteiger partial charge is 0.360 e. The number of fused-ring (bicyclic) bond motifs is 3. The van der Waals surface area contributed by atoms with Gasteiger partial charge in [0.25, 0.3) is 11.5 Å². The minimum atomic E-state index is -0.625. The SMILES string of the molecule is Cc1onc2c1c(=O)n([C@H]1CCC[C@@H](CNC(=O)c3ccc(F)nc3)C1)c1cccc(Cl)c21. The highest BCUT2D eigenvalue weighted by Gasteiger charge is 2.28. The van der Waals surface area contributed by atoms with Crippen molar-refractivity contribution < 1.29 is 13.7 Å². The highest BCUT2D eigenvalue weighted by molar-refractivity contribution is 6.37. The first-order valence-corrected chi connectivity index (χ1v) is 11.3. The summed E-state index contributed by atoms with van der Waals surface area (Å²) >= 11 is 6.52. The normalized spacial score (nSPS) is 18.6. The molecule has 0 bridgehead atoms. The van der Waals surface area contributed by atoms with Gasteiger partial charge in [-0.2, -0.15) is 4.39 Å². The summed E-state index contributed by atoms with van der Waals surface area (Å²) in [5.41, 5.74) is 1.40. The molecule has 3 aromatic heterocycles. The molecule has 1 saturated carbocycles. The summed E-state index contributed by atoms with van der Waals surface area (Å²) in [4.78, 5) is 29.5. The van der Waals surface area contributed by atoms with Crippen molar-refractivity contribution in [2.24, 2.45) is 5.92 Å². The number of halogens is 2. The maximum atomic E-state index is 13.5. The van der Waals surface area contributed by atoms with E-state index in [0.29, 0.717) is 39.2 Å². The maximum Gasteiger partial charge on any atom is 0.264 e. The van der Waals surface area contributed by atoms with E-state index in [1.165, 1.54) is 12.3 Å². The van der Waals surface area contributed by atoms with Crippen LogP contribution >= 0.6 is 11.6 Å². The maximum absolute atomic E-state index is 13.5. The van der Waals surface area contributed by atoms with E-state index in [9.17, 15) is 14.0 Å². The molecule has 2 atom stereocenters. The van der Waals surface area contributed by atoms with Crippen LogP contribution in [0.25, 0.3) is 21.8 Å². The van der Waals surface area contributed by atoms with Crippen LogP contribution in [0.1, 0.15) is 47.8 Å². The molecule has 1 N–H and O–H groups in total. The van der Waals surface area contributed by atoms with Crippen molar-refractivity contribution in [1.29, 1.82) is 0 Å². The second-order valence-corrected chi connectivity index (χ2v) is 8.94. The van der Waals surface area contributed by atoms with Crippen molar-refractivity contribution in [2.45, 2.75) is 38.6 Å². The number of hydrogen-bond acceptors (Lipinski definition) is 5. The number of amides is 1. The van der Waals surface area contributed by atoms with E-state index in [-0.39, 0.29) is 23.4 Å². The summed E-state index contributed by atoms with van der Waals surface area (Å²) in [5.74, 6) is -0.250. The van der Waals surface area contributed by atoms with Gasteiger partial charge in [0.15, 0.2) is 0 Å². The number of hydrogen-bond donors (Lipinski definition) is 1. The minimum absolute atomic E-state index is 0.0414. The smallest absolute Gasteiger partial charge is 0.264 e. The first-order chi connectivity index (χ1) is 15.9. The fraction of sp³-hybridized carbons (Fsp3) is 0.333. The summed E-state index contributed by atoms with van der Waals surface area (Å²) < 4.78 is 20.2. The van der Waals surface area contributed by atoms with Crippen LogP contribution in [0.5, 0.6) is 0 Å². The predicted octanol–water partition coefficient (Wildman–Crippen LogP) is 4.80. The molecule has 1 aromatic carbocycles. The molecule has 7 nitrogen and oxygen atoms in total. The van der Waals surface area contributed by atoms with Crippen molar-refractivity contribution >= 4 is 39.3 Å². The number of carbonyl (C=O) groups is 1. The number of pyridine rings is 2. The highest BCUT2D eigenvalue weighted by Crippen LogP contribution is 2.36. The van der Waals surface area contributed by atoms with Gasteiger partial charge in [-0.05, 0) is 56.4 Å². The molecule has 170 valence electrons. The minimum Gasteiger partial charge on any atom is -0.360 e. The van der Waals surface area contributed by atoms with Crippen molar-refractivity contribution in [3.63, 3.8) is 0 Å². The molecule has 1 aliphatic carbocycles. The summed E-state index contributed by atoms with van der Waals surface area (Å²) in [7, 11) is 0. The Kier molecular flexibility index (Phi) is 5.62. The monoisotopic (exact) mass is 468 g/mol. The fourth-order valence-corrected chi connectivity index (χ4v) is 5.13. The third-order valence-electron chi connectivity index (χ3n) is 6.44. The lowest BCUT2D eigenvalue weighted by Crippen LogP contribution is -2.34. The Hall–Kier alpha value is -3.26. The molecule has 0 aliphatic heterocycles. The van der Waals surface area contributed by atoms with Gasteiger partial charge in [0, 0.05) is 24.2 Å². The van der Waals surface area contributed by atoms with Crippen LogP contribution in [-0.4, -0.2) is 27.2 Å². The van der Waals surface area contributed by atoms with E-state index in [4.69, 9.17) is 16.1 Å². The molecule has 0 saturated heterocycles. The van der Waals surface area contributed by atoms with E-state index in [1.807, 2.05) is 16.7 Å². The molecule has 5 rings (SSSR count). The van der Waals surface area contributed by atoms with Gasteiger partial charge in [-0.3, -0.25) is 9.59 Å². The number of nitrogens with one attached hydrogen (secondary N) is 1. The van der Waals surface area contributed by atoms with Crippen LogP contribution in [0.3, 0.4) is 0 Å². The summed E-state index contributed by atoms with van der Waals surface area (Å²) in [5, 5.41) is 8.71. The summed E-state index contributed by atoms with van der Waals surface area (Å²) in [6.45, 7) is 2.20. The average Bonchev–Trinajstić information content (AvgIpc) is 3.20. The summed E-state index contributed by atoms with van der Waals surface area (Å²) in [6, 6.07) is 8.03. The number of nitrogens with zero attached hydrogens (tertiary/aromatic N) is 3. The molecule has 3 heterocycles. The van der Waals surface area contributed by atoms with Crippen LogP contribution in [0.2, 0.25) is 5.02 Å². The molecule has 0 radical (unpaired) electrons. The molecule has 0 unspecified atom stereocenters. The number of carbonyl (C=O) groups excluding carboxylic acids is 1. The van der Waals surface area contributed by atoms with E-state index >= 15 is 0 Å². The molecule has 1 aliphatic rings. The third-order valence-corrected chi connectivity index (χ3v) is 6.76. The number of benzene rings is 1. The van der Waals surface area contributed by atoms with E-state index in [1.54, 1.807) is 13.0 Å². The third kappa shape index (κ3) is 3.88. The lowest BCUT2D eigenvalue weighted by atomic mass is 9.85. The Morgan fingerprint density at radius 3 is 2.91 bits per heavy atom. The summed E-state index contributed by atoms with van der Waals surface area (Å²) in [6.07, 6.45) is 4.68. The van der Waals surface area contributed by atoms with Gasteiger partial charge in [-0.15, -0.1) is 0 Å². The lowest BCUT2D eigenvalue weighted by molar-refractivity contribution is 0.0940. The second kappa shape index (κ2) is 8.59. The Labute approximate surface area is 193 Å². The first kappa shape index (κ1) is 21.6. The lowest BCUT2D eigenvalue weighted by Gasteiger charge is -2.31. The van der Waals surface area contributed by atoms with Crippen molar-refractivity contribution in [1.82, 2.24) is 20.0 Å². The van der Waals surface area contributed by atoms with Crippen LogP contribution in [0.4, 0.5) is 4.39 Å². The van der Waals surface area contributed by atoms with E-state index in [0.717, 1.165) is 37.3 Å². The molecule has 1 amide bonds. The molecule has 4 aromatic rings. The van der Waals surface area contributed by atoms with E-state index in [2.05, 4.69) is 15.5 Å². The predicted molar refractivity (Wildman–Crippen MR) is 123 cm³/mol. The van der Waals surface area contributed by atoms with Crippen molar-refractivity contribution in [2.75, 3.05) is 6.54 Å². The Balaban J connectivity index is 1.44.